The van der Waals surface area contributed by atoms with Crippen molar-refractivity contribution in [3.63, 3.8) is 0 Å². The molecule has 2 unspecified atom stereocenters. The Labute approximate surface area is 205 Å². The summed E-state index contributed by atoms with van der Waals surface area (Å²) >= 11 is 0. The van der Waals surface area contributed by atoms with Gasteiger partial charge in [-0.3, -0.25) is 14.5 Å². The minimum absolute atomic E-state index is 0.0669. The van der Waals surface area contributed by atoms with Gasteiger partial charge in [0.2, 0.25) is 5.91 Å². The first kappa shape index (κ1) is 23.3. The molecule has 2 heterocycles. The quantitative estimate of drug-likeness (QED) is 0.573. The van der Waals surface area contributed by atoms with Crippen LogP contribution in [-0.2, 0) is 9.59 Å². The van der Waals surface area contributed by atoms with Gasteiger partial charge in [-0.05, 0) is 56.5 Å². The second-order valence-corrected chi connectivity index (χ2v) is 9.50. The van der Waals surface area contributed by atoms with Crippen molar-refractivity contribution in [1.29, 1.82) is 0 Å². The lowest BCUT2D eigenvalue weighted by Gasteiger charge is -2.39. The van der Waals surface area contributed by atoms with E-state index in [1.807, 2.05) is 48.9 Å². The van der Waals surface area contributed by atoms with Crippen LogP contribution in [0.25, 0.3) is 5.69 Å². The molecule has 2 atom stereocenters. The van der Waals surface area contributed by atoms with Gasteiger partial charge < -0.3 is 5.32 Å². The van der Waals surface area contributed by atoms with E-state index in [0.717, 1.165) is 54.6 Å². The van der Waals surface area contributed by atoms with E-state index < -0.39 is 12.0 Å². The first-order valence-corrected chi connectivity index (χ1v) is 12.5. The summed E-state index contributed by atoms with van der Waals surface area (Å²) in [4.78, 5) is 29.0. The number of halogens is 1. The largest absolute Gasteiger partial charge is 0.343 e. The van der Waals surface area contributed by atoms with Crippen molar-refractivity contribution in [2.24, 2.45) is 5.92 Å². The van der Waals surface area contributed by atoms with Crippen LogP contribution in [0.3, 0.4) is 0 Å². The minimum atomic E-state index is -0.783. The zero-order valence-electron chi connectivity index (χ0n) is 20.2. The molecular weight excluding hydrogens is 443 g/mol. The fourth-order valence-corrected chi connectivity index (χ4v) is 5.60. The van der Waals surface area contributed by atoms with E-state index in [1.165, 1.54) is 12.1 Å². The molecule has 1 fully saturated rings. The van der Waals surface area contributed by atoms with Crippen LogP contribution >= 0.6 is 0 Å². The molecule has 0 saturated heterocycles. The third-order valence-electron chi connectivity index (χ3n) is 7.33. The van der Waals surface area contributed by atoms with Crippen LogP contribution in [0.4, 0.5) is 10.2 Å². The fourth-order valence-electron chi connectivity index (χ4n) is 5.60. The molecule has 1 aromatic heterocycles. The van der Waals surface area contributed by atoms with Gasteiger partial charge in [0, 0.05) is 23.9 Å². The molecule has 0 spiro atoms. The average Bonchev–Trinajstić information content (AvgIpc) is 3.23. The first-order valence-electron chi connectivity index (χ1n) is 12.5. The van der Waals surface area contributed by atoms with E-state index in [1.54, 1.807) is 17.0 Å². The van der Waals surface area contributed by atoms with Gasteiger partial charge in [-0.1, -0.05) is 49.6 Å². The highest BCUT2D eigenvalue weighted by molar-refractivity contribution is 6.03. The highest BCUT2D eigenvalue weighted by atomic mass is 19.1. The van der Waals surface area contributed by atoms with Gasteiger partial charge in [0.1, 0.15) is 17.7 Å². The number of hydrogen-bond donors (Lipinski definition) is 1. The number of nitrogens with one attached hydrogen (secondary N) is 1. The lowest BCUT2D eigenvalue weighted by Crippen LogP contribution is -2.56. The summed E-state index contributed by atoms with van der Waals surface area (Å²) in [6, 6.07) is 15.2. The zero-order valence-corrected chi connectivity index (χ0v) is 20.2. The van der Waals surface area contributed by atoms with Gasteiger partial charge in [-0.15, -0.1) is 0 Å². The Kier molecular flexibility index (Phi) is 6.41. The van der Waals surface area contributed by atoms with Crippen LogP contribution in [0.2, 0.25) is 0 Å². The summed E-state index contributed by atoms with van der Waals surface area (Å²) in [6.45, 7) is 4.30. The molecule has 6 nitrogen and oxygen atoms in total. The maximum Gasteiger partial charge on any atom is 0.251 e. The Hall–Kier alpha value is -3.48. The standard InChI is InChI=1S/C28H31FN4O2/c1-3-32-27-23(18(2)31-33(27)22-12-8-5-9-13-22)24(19-14-16-21(29)17-15-19)25(28(32)35)30-26(34)20-10-6-4-7-11-20/h5,8-9,12-17,20,24-25H,3-4,6-7,10-11H2,1-2H3,(H,30,34). The number of likely N-dealkylation sites (N-methyl/N-ethyl adjacent to an activating group) is 1. The van der Waals surface area contributed by atoms with E-state index in [2.05, 4.69) is 5.32 Å². The number of carbonyl (C=O) groups excluding carboxylic acids is 2. The van der Waals surface area contributed by atoms with Crippen molar-refractivity contribution >= 4 is 17.6 Å². The number of para-hydroxylation sites is 1. The Morgan fingerprint density at radius 1 is 1.06 bits per heavy atom. The molecule has 0 bridgehead atoms. The lowest BCUT2D eigenvalue weighted by molar-refractivity contribution is -0.131. The summed E-state index contributed by atoms with van der Waals surface area (Å²) in [6.07, 6.45) is 4.91. The molecule has 2 amide bonds. The molecule has 5 rings (SSSR count). The van der Waals surface area contributed by atoms with Crippen LogP contribution < -0.4 is 10.2 Å². The minimum Gasteiger partial charge on any atom is -0.343 e. The van der Waals surface area contributed by atoms with E-state index in [0.29, 0.717) is 12.4 Å². The highest BCUT2D eigenvalue weighted by Crippen LogP contribution is 2.43. The van der Waals surface area contributed by atoms with Crippen molar-refractivity contribution in [3.05, 3.63) is 77.2 Å². The smallest absolute Gasteiger partial charge is 0.251 e. The number of aromatic nitrogens is 2. The molecule has 1 N–H and O–H groups in total. The predicted molar refractivity (Wildman–Crippen MR) is 133 cm³/mol. The second-order valence-electron chi connectivity index (χ2n) is 9.50. The predicted octanol–water partition coefficient (Wildman–Crippen LogP) is 4.88. The summed E-state index contributed by atoms with van der Waals surface area (Å²) in [5.74, 6) is -0.413. The van der Waals surface area contributed by atoms with Crippen molar-refractivity contribution in [2.75, 3.05) is 11.4 Å². The van der Waals surface area contributed by atoms with Gasteiger partial charge in [0.25, 0.3) is 5.91 Å². The van der Waals surface area contributed by atoms with Gasteiger partial charge in [-0.2, -0.15) is 5.10 Å². The number of rotatable bonds is 5. The molecule has 2 aromatic carbocycles. The van der Waals surface area contributed by atoms with Crippen LogP contribution in [-0.4, -0.2) is 34.2 Å². The van der Waals surface area contributed by atoms with Crippen molar-refractivity contribution < 1.29 is 14.0 Å². The normalized spacial score (nSPS) is 20.5. The summed E-state index contributed by atoms with van der Waals surface area (Å²) in [5.41, 5.74) is 3.30. The maximum atomic E-state index is 14.0. The molecule has 0 radical (unpaired) electrons. The number of aryl methyl sites for hydroxylation is 1. The number of fused-ring (bicyclic) bond motifs is 1. The molecule has 3 aromatic rings. The summed E-state index contributed by atoms with van der Waals surface area (Å²) < 4.78 is 15.6. The molecule has 7 heteroatoms. The molecular formula is C28H31FN4O2. The third kappa shape index (κ3) is 4.24. The molecule has 1 aliphatic carbocycles. The number of anilines is 1. The number of hydrogen-bond acceptors (Lipinski definition) is 3. The fraction of sp³-hybridized carbons (Fsp3) is 0.393. The Balaban J connectivity index is 1.65. The van der Waals surface area contributed by atoms with E-state index >= 15 is 0 Å². The highest BCUT2D eigenvalue weighted by Gasteiger charge is 2.45. The number of amides is 2. The SMILES string of the molecule is CCN1C(=O)C(NC(=O)C2CCCCC2)C(c2ccc(F)cc2)c2c(C)nn(-c3ccccc3)c21. The number of benzene rings is 2. The van der Waals surface area contributed by atoms with Crippen LogP contribution in [0.1, 0.15) is 61.8 Å². The van der Waals surface area contributed by atoms with E-state index in [-0.39, 0.29) is 23.5 Å². The topological polar surface area (TPSA) is 67.2 Å². The number of nitrogens with zero attached hydrogens (tertiary/aromatic N) is 3. The second kappa shape index (κ2) is 9.64. The van der Waals surface area contributed by atoms with Crippen LogP contribution in [0, 0.1) is 18.7 Å². The van der Waals surface area contributed by atoms with Gasteiger partial charge >= 0.3 is 0 Å². The average molecular weight is 475 g/mol. The lowest BCUT2D eigenvalue weighted by atomic mass is 9.80. The molecule has 35 heavy (non-hydrogen) atoms. The summed E-state index contributed by atoms with van der Waals surface area (Å²) in [5, 5.41) is 7.95. The van der Waals surface area contributed by atoms with Gasteiger partial charge in [0.05, 0.1) is 11.4 Å². The molecule has 1 aliphatic heterocycles. The van der Waals surface area contributed by atoms with Gasteiger partial charge in [0.15, 0.2) is 0 Å². The molecule has 2 aliphatic rings. The van der Waals surface area contributed by atoms with Crippen LogP contribution in [0.5, 0.6) is 0 Å². The van der Waals surface area contributed by atoms with Crippen LogP contribution in [0.15, 0.2) is 54.6 Å². The molecule has 1 saturated carbocycles. The van der Waals surface area contributed by atoms with Gasteiger partial charge in [-0.25, -0.2) is 9.07 Å². The first-order chi connectivity index (χ1) is 17.0. The Morgan fingerprint density at radius 2 is 1.74 bits per heavy atom. The zero-order chi connectivity index (χ0) is 24.5. The van der Waals surface area contributed by atoms with Crippen molar-refractivity contribution in [3.8, 4) is 5.69 Å². The van der Waals surface area contributed by atoms with E-state index in [9.17, 15) is 14.0 Å². The number of carbonyl (C=O) groups is 2. The summed E-state index contributed by atoms with van der Waals surface area (Å²) in [7, 11) is 0. The monoisotopic (exact) mass is 474 g/mol. The maximum absolute atomic E-state index is 14.0. The van der Waals surface area contributed by atoms with Crippen molar-refractivity contribution in [1.82, 2.24) is 15.1 Å². The molecule has 182 valence electrons. The Morgan fingerprint density at radius 3 is 2.40 bits per heavy atom. The van der Waals surface area contributed by atoms with Crippen molar-refractivity contribution in [2.45, 2.75) is 57.9 Å². The Bertz CT molecular complexity index is 1220. The third-order valence-corrected chi connectivity index (χ3v) is 7.33. The van der Waals surface area contributed by atoms with E-state index in [4.69, 9.17) is 5.10 Å².